The zero-order valence-corrected chi connectivity index (χ0v) is 18.4. The van der Waals surface area contributed by atoms with Crippen molar-refractivity contribution in [2.24, 2.45) is 5.92 Å². The minimum atomic E-state index is -4.94. The molecule has 34 heavy (non-hydrogen) atoms. The van der Waals surface area contributed by atoms with E-state index in [1.165, 1.54) is 12.3 Å². The van der Waals surface area contributed by atoms with E-state index in [2.05, 4.69) is 15.0 Å². The largest absolute Gasteiger partial charge is 0.493 e. The Morgan fingerprint density at radius 2 is 1.94 bits per heavy atom. The molecule has 1 aromatic heterocycles. The molecule has 0 bridgehead atoms. The molecule has 1 saturated heterocycles. The maximum Gasteiger partial charge on any atom is 0.417 e. The number of aromatic nitrogens is 1. The van der Waals surface area contributed by atoms with Gasteiger partial charge in [0.25, 0.3) is 5.91 Å². The summed E-state index contributed by atoms with van der Waals surface area (Å²) in [4.78, 5) is 28.6. The molecular formula is C22H21F5N2O5. The van der Waals surface area contributed by atoms with Crippen LogP contribution in [0.2, 0.25) is 0 Å². The summed E-state index contributed by atoms with van der Waals surface area (Å²) < 4.78 is 92.9. The number of anilines is 1. The van der Waals surface area contributed by atoms with Crippen LogP contribution >= 0.6 is 0 Å². The quantitative estimate of drug-likeness (QED) is 0.500. The van der Waals surface area contributed by atoms with Crippen LogP contribution in [0.25, 0.3) is 0 Å². The maximum atomic E-state index is 14.5. The van der Waals surface area contributed by atoms with Crippen LogP contribution in [0.4, 0.5) is 27.6 Å². The lowest BCUT2D eigenvalue weighted by Crippen LogP contribution is -2.47. The fourth-order valence-corrected chi connectivity index (χ4v) is 3.91. The van der Waals surface area contributed by atoms with Crippen LogP contribution in [-0.4, -0.2) is 49.0 Å². The van der Waals surface area contributed by atoms with E-state index in [4.69, 9.17) is 10.8 Å². The summed E-state index contributed by atoms with van der Waals surface area (Å²) in [6.45, 7) is 1.89. The van der Waals surface area contributed by atoms with Crippen LogP contribution in [0.15, 0.2) is 30.4 Å². The first-order valence-corrected chi connectivity index (χ1v) is 9.89. The number of nitrogens with one attached hydrogen (secondary N) is 1. The van der Waals surface area contributed by atoms with Gasteiger partial charge in [-0.05, 0) is 25.1 Å². The number of carbonyl (C=O) groups is 2. The minimum absolute atomic E-state index is 0.000512. The number of alkyl halides is 3. The Kier molecular flexibility index (Phi) is 6.43. The molecule has 1 amide bonds. The predicted molar refractivity (Wildman–Crippen MR) is 108 cm³/mol. The summed E-state index contributed by atoms with van der Waals surface area (Å²) >= 11 is 0. The van der Waals surface area contributed by atoms with Crippen molar-refractivity contribution in [1.29, 1.82) is 0 Å². The number of amides is 1. The molecule has 1 fully saturated rings. The Hall–Kier alpha value is -3.28. The summed E-state index contributed by atoms with van der Waals surface area (Å²) in [6.07, 6.45) is -5.63. The Labute approximate surface area is 192 Å². The van der Waals surface area contributed by atoms with Gasteiger partial charge in [-0.1, -0.05) is 13.0 Å². The SMILES string of the molecule is [2H]c1cc([C@H]2[C@H](C(=O)Nc3ccnc(C(=O)OC)c3)O[C@@](C)(C(F)(F)F)[C@H]2C)c(OC)c(F)c1F. The second-order valence-electron chi connectivity index (χ2n) is 7.77. The average Bonchev–Trinajstić information content (AvgIpc) is 3.08. The maximum absolute atomic E-state index is 14.5. The lowest BCUT2D eigenvalue weighted by molar-refractivity contribution is -0.272. The third-order valence-corrected chi connectivity index (χ3v) is 5.92. The van der Waals surface area contributed by atoms with Gasteiger partial charge in [-0.15, -0.1) is 0 Å². The molecule has 1 aliphatic heterocycles. The van der Waals surface area contributed by atoms with Gasteiger partial charge < -0.3 is 19.5 Å². The second kappa shape index (κ2) is 9.16. The Balaban J connectivity index is 2.10. The monoisotopic (exact) mass is 489 g/mol. The normalized spacial score (nSPS) is 25.0. The molecule has 12 heteroatoms. The van der Waals surface area contributed by atoms with Crippen LogP contribution < -0.4 is 10.1 Å². The first-order chi connectivity index (χ1) is 16.3. The molecule has 3 rings (SSSR count). The van der Waals surface area contributed by atoms with E-state index in [1.54, 1.807) is 0 Å². The molecule has 2 heterocycles. The van der Waals surface area contributed by atoms with Gasteiger partial charge in [-0.3, -0.25) is 4.79 Å². The summed E-state index contributed by atoms with van der Waals surface area (Å²) in [5.74, 6) is -8.71. The number of carbonyl (C=O) groups excluding carboxylic acids is 2. The predicted octanol–water partition coefficient (Wildman–Crippen LogP) is 4.23. The van der Waals surface area contributed by atoms with Gasteiger partial charge in [-0.25, -0.2) is 14.2 Å². The van der Waals surface area contributed by atoms with Crippen molar-refractivity contribution in [2.45, 2.75) is 37.6 Å². The van der Waals surface area contributed by atoms with E-state index in [-0.39, 0.29) is 16.9 Å². The lowest BCUT2D eigenvalue weighted by Gasteiger charge is -2.32. The van der Waals surface area contributed by atoms with Crippen molar-refractivity contribution < 1.29 is 47.1 Å². The molecule has 184 valence electrons. The summed E-state index contributed by atoms with van der Waals surface area (Å²) in [6, 6.07) is 2.30. The zero-order valence-electron chi connectivity index (χ0n) is 19.4. The van der Waals surface area contributed by atoms with Gasteiger partial charge in [0.05, 0.1) is 15.6 Å². The summed E-state index contributed by atoms with van der Waals surface area (Å²) in [5, 5.41) is 2.36. The number of nitrogens with zero attached hydrogens (tertiary/aromatic N) is 1. The van der Waals surface area contributed by atoms with Gasteiger partial charge in [0, 0.05) is 29.3 Å². The van der Waals surface area contributed by atoms with E-state index < -0.39 is 65.0 Å². The van der Waals surface area contributed by atoms with Gasteiger partial charge in [-0.2, -0.15) is 17.6 Å². The number of halogens is 5. The van der Waals surface area contributed by atoms with Gasteiger partial charge in [0.1, 0.15) is 11.8 Å². The van der Waals surface area contributed by atoms with E-state index >= 15 is 0 Å². The Bertz CT molecular complexity index is 1160. The molecule has 2 aromatic rings. The van der Waals surface area contributed by atoms with Crippen LogP contribution in [0.5, 0.6) is 5.75 Å². The Morgan fingerprint density at radius 1 is 1.26 bits per heavy atom. The van der Waals surface area contributed by atoms with Crippen molar-refractivity contribution in [3.05, 3.63) is 53.3 Å². The summed E-state index contributed by atoms with van der Waals surface area (Å²) in [5.41, 5.74) is -3.36. The molecule has 0 radical (unpaired) electrons. The van der Waals surface area contributed by atoms with E-state index in [1.807, 2.05) is 0 Å². The average molecular weight is 489 g/mol. The highest BCUT2D eigenvalue weighted by Crippen LogP contribution is 2.55. The van der Waals surface area contributed by atoms with Crippen LogP contribution in [0.1, 0.15) is 37.2 Å². The molecule has 0 aliphatic carbocycles. The van der Waals surface area contributed by atoms with Gasteiger partial charge >= 0.3 is 12.1 Å². The first kappa shape index (κ1) is 23.9. The lowest BCUT2D eigenvalue weighted by atomic mass is 9.77. The number of hydrogen-bond acceptors (Lipinski definition) is 6. The van der Waals surface area contributed by atoms with E-state index in [0.29, 0.717) is 0 Å². The zero-order chi connectivity index (χ0) is 26.3. The minimum Gasteiger partial charge on any atom is -0.493 e. The standard InChI is InChI=1S/C22H21F5N2O5/c1-10-15(12-5-6-13(23)16(24)17(12)32-3)18(34-21(10,2)22(25,26)27)19(30)29-11-7-8-28-14(9-11)20(31)33-4/h5-10,15,18H,1-4H3,(H,28,29,30)/t10-,15-,18+,21+/m0/s1/i6D. The first-order valence-electron chi connectivity index (χ1n) is 10.4. The highest BCUT2D eigenvalue weighted by Gasteiger charge is 2.65. The van der Waals surface area contributed by atoms with Gasteiger partial charge in [0.15, 0.2) is 17.2 Å². The Morgan fingerprint density at radius 3 is 2.53 bits per heavy atom. The third-order valence-electron chi connectivity index (χ3n) is 5.92. The second-order valence-corrected chi connectivity index (χ2v) is 7.77. The molecule has 0 saturated carbocycles. The fraction of sp³-hybridized carbons (Fsp3) is 0.409. The molecule has 1 aliphatic rings. The topological polar surface area (TPSA) is 86.8 Å². The number of methoxy groups -OCH3 is 2. The van der Waals surface area contributed by atoms with Crippen LogP contribution in [0, 0.1) is 17.6 Å². The summed E-state index contributed by atoms with van der Waals surface area (Å²) in [7, 11) is 2.09. The third kappa shape index (κ3) is 4.29. The van der Waals surface area contributed by atoms with Crippen molar-refractivity contribution in [1.82, 2.24) is 4.98 Å². The highest BCUT2D eigenvalue weighted by molar-refractivity contribution is 5.96. The number of esters is 1. The molecule has 1 N–H and O–H groups in total. The van der Waals surface area contributed by atoms with Crippen molar-refractivity contribution in [2.75, 3.05) is 19.5 Å². The molecule has 1 aromatic carbocycles. The highest BCUT2D eigenvalue weighted by atomic mass is 19.4. The van der Waals surface area contributed by atoms with Crippen LogP contribution in [-0.2, 0) is 14.3 Å². The van der Waals surface area contributed by atoms with E-state index in [0.717, 1.165) is 40.2 Å². The number of pyridine rings is 1. The number of benzene rings is 1. The number of ether oxygens (including phenoxy) is 3. The van der Waals surface area contributed by atoms with Crippen molar-refractivity contribution in [3.63, 3.8) is 0 Å². The van der Waals surface area contributed by atoms with Crippen molar-refractivity contribution in [3.8, 4) is 5.75 Å². The number of rotatable bonds is 5. The molecule has 0 unspecified atom stereocenters. The molecule has 7 nitrogen and oxygen atoms in total. The number of hydrogen-bond donors (Lipinski definition) is 1. The van der Waals surface area contributed by atoms with Crippen molar-refractivity contribution >= 4 is 17.6 Å². The molecule has 0 spiro atoms. The van der Waals surface area contributed by atoms with Gasteiger partial charge in [0.2, 0.25) is 5.82 Å². The van der Waals surface area contributed by atoms with E-state index in [9.17, 15) is 31.5 Å². The molecular weight excluding hydrogens is 467 g/mol. The fourth-order valence-electron chi connectivity index (χ4n) is 3.91. The van der Waals surface area contributed by atoms with Crippen LogP contribution in [0.3, 0.4) is 0 Å². The smallest absolute Gasteiger partial charge is 0.417 e. The molecule has 4 atom stereocenters.